The number of nitrogens with two attached hydrogens (primary N) is 1. The molecular formula is C13H15FN2O. The van der Waals surface area contributed by atoms with Crippen molar-refractivity contribution in [2.24, 2.45) is 0 Å². The minimum Gasteiger partial charge on any atom is -0.468 e. The second-order valence-corrected chi connectivity index (χ2v) is 4.10. The van der Waals surface area contributed by atoms with Gasteiger partial charge in [-0.2, -0.15) is 0 Å². The largest absolute Gasteiger partial charge is 0.468 e. The molecule has 1 heterocycles. The Morgan fingerprint density at radius 3 is 2.76 bits per heavy atom. The molecule has 17 heavy (non-hydrogen) atoms. The molecule has 0 aliphatic rings. The molecule has 0 aliphatic heterocycles. The lowest BCUT2D eigenvalue weighted by atomic mass is 10.2. The molecule has 1 aromatic carbocycles. The molecule has 1 aromatic heterocycles. The van der Waals surface area contributed by atoms with Crippen LogP contribution in [-0.4, -0.2) is 11.9 Å². The topological polar surface area (TPSA) is 42.4 Å². The zero-order valence-electron chi connectivity index (χ0n) is 9.69. The molecule has 0 saturated carbocycles. The van der Waals surface area contributed by atoms with Crippen LogP contribution in [0.3, 0.4) is 0 Å². The molecule has 2 N–H and O–H groups in total. The Hall–Kier alpha value is -1.81. The summed E-state index contributed by atoms with van der Waals surface area (Å²) >= 11 is 0. The standard InChI is InChI=1S/C13H15FN2O/c1-16(9-12-3-2-6-17-12)8-10-4-5-11(15)7-13(10)14/h2-7H,8-9,15H2,1H3. The van der Waals surface area contributed by atoms with Gasteiger partial charge in [0.1, 0.15) is 11.6 Å². The van der Waals surface area contributed by atoms with Crippen LogP contribution in [0.5, 0.6) is 0 Å². The van der Waals surface area contributed by atoms with E-state index in [1.165, 1.54) is 6.07 Å². The monoisotopic (exact) mass is 234 g/mol. The van der Waals surface area contributed by atoms with E-state index in [1.807, 2.05) is 24.1 Å². The zero-order valence-corrected chi connectivity index (χ0v) is 9.69. The van der Waals surface area contributed by atoms with Gasteiger partial charge in [0.15, 0.2) is 0 Å². The van der Waals surface area contributed by atoms with Crippen molar-refractivity contribution in [3.05, 3.63) is 53.7 Å². The van der Waals surface area contributed by atoms with Crippen LogP contribution < -0.4 is 5.73 Å². The van der Waals surface area contributed by atoms with E-state index in [0.717, 1.165) is 5.76 Å². The van der Waals surface area contributed by atoms with Crippen molar-refractivity contribution in [3.8, 4) is 0 Å². The Morgan fingerprint density at radius 1 is 1.29 bits per heavy atom. The van der Waals surface area contributed by atoms with E-state index in [1.54, 1.807) is 18.4 Å². The zero-order chi connectivity index (χ0) is 12.3. The molecule has 0 spiro atoms. The second-order valence-electron chi connectivity index (χ2n) is 4.10. The molecule has 0 atom stereocenters. The number of halogens is 1. The molecule has 90 valence electrons. The minimum absolute atomic E-state index is 0.267. The fraction of sp³-hybridized carbons (Fsp3) is 0.231. The predicted molar refractivity (Wildman–Crippen MR) is 64.7 cm³/mol. The summed E-state index contributed by atoms with van der Waals surface area (Å²) in [5, 5.41) is 0. The first-order valence-corrected chi connectivity index (χ1v) is 5.40. The summed E-state index contributed by atoms with van der Waals surface area (Å²) in [5.41, 5.74) is 6.58. The van der Waals surface area contributed by atoms with Crippen molar-refractivity contribution >= 4 is 5.69 Å². The van der Waals surface area contributed by atoms with E-state index in [0.29, 0.717) is 24.3 Å². The highest BCUT2D eigenvalue weighted by molar-refractivity contribution is 5.40. The molecule has 2 aromatic rings. The molecule has 0 fully saturated rings. The van der Waals surface area contributed by atoms with Crippen molar-refractivity contribution < 1.29 is 8.81 Å². The molecule has 0 bridgehead atoms. The van der Waals surface area contributed by atoms with E-state index in [-0.39, 0.29) is 5.82 Å². The lowest BCUT2D eigenvalue weighted by molar-refractivity contribution is 0.284. The lowest BCUT2D eigenvalue weighted by Crippen LogP contribution is -2.17. The molecular weight excluding hydrogens is 219 g/mol. The van der Waals surface area contributed by atoms with Crippen molar-refractivity contribution in [2.75, 3.05) is 12.8 Å². The summed E-state index contributed by atoms with van der Waals surface area (Å²) in [6.45, 7) is 1.17. The van der Waals surface area contributed by atoms with E-state index in [9.17, 15) is 4.39 Å². The number of rotatable bonds is 4. The first-order valence-electron chi connectivity index (χ1n) is 5.40. The second kappa shape index (κ2) is 5.01. The SMILES string of the molecule is CN(Cc1ccco1)Cc1ccc(N)cc1F. The van der Waals surface area contributed by atoms with E-state index in [2.05, 4.69) is 0 Å². The van der Waals surface area contributed by atoms with Crippen LogP contribution in [0.2, 0.25) is 0 Å². The summed E-state index contributed by atoms with van der Waals surface area (Å²) in [6.07, 6.45) is 1.63. The van der Waals surface area contributed by atoms with Crippen molar-refractivity contribution in [2.45, 2.75) is 13.1 Å². The van der Waals surface area contributed by atoms with Crippen LogP contribution in [0.25, 0.3) is 0 Å². The number of benzene rings is 1. The highest BCUT2D eigenvalue weighted by Crippen LogP contribution is 2.14. The smallest absolute Gasteiger partial charge is 0.129 e. The third kappa shape index (κ3) is 3.07. The Morgan fingerprint density at radius 2 is 2.12 bits per heavy atom. The van der Waals surface area contributed by atoms with E-state index >= 15 is 0 Å². The van der Waals surface area contributed by atoms with Gasteiger partial charge in [-0.05, 0) is 31.3 Å². The Labute approximate surface area is 99.6 Å². The third-order valence-electron chi connectivity index (χ3n) is 2.52. The number of hydrogen-bond donors (Lipinski definition) is 1. The Bertz CT molecular complexity index is 482. The molecule has 0 saturated heterocycles. The van der Waals surface area contributed by atoms with Gasteiger partial charge in [-0.3, -0.25) is 4.90 Å². The number of anilines is 1. The van der Waals surface area contributed by atoms with Crippen LogP contribution in [0, 0.1) is 5.82 Å². The maximum Gasteiger partial charge on any atom is 0.129 e. The first-order chi connectivity index (χ1) is 8.15. The van der Waals surface area contributed by atoms with Gasteiger partial charge in [-0.25, -0.2) is 4.39 Å². The molecule has 4 heteroatoms. The first kappa shape index (κ1) is 11.7. The van der Waals surface area contributed by atoms with Crippen LogP contribution in [0.1, 0.15) is 11.3 Å². The van der Waals surface area contributed by atoms with Gasteiger partial charge in [0, 0.05) is 17.8 Å². The third-order valence-corrected chi connectivity index (χ3v) is 2.52. The summed E-state index contributed by atoms with van der Waals surface area (Å²) in [5.74, 6) is 0.597. The predicted octanol–water partition coefficient (Wildman–Crippen LogP) is 2.63. The molecule has 0 unspecified atom stereocenters. The van der Waals surface area contributed by atoms with E-state index < -0.39 is 0 Å². The normalized spacial score (nSPS) is 11.0. The maximum absolute atomic E-state index is 13.6. The summed E-state index contributed by atoms with van der Waals surface area (Å²) in [4.78, 5) is 1.98. The molecule has 0 amide bonds. The quantitative estimate of drug-likeness (QED) is 0.827. The van der Waals surface area contributed by atoms with Gasteiger partial charge in [0.2, 0.25) is 0 Å². The average Bonchev–Trinajstić information content (AvgIpc) is 2.75. The molecule has 0 aliphatic carbocycles. The van der Waals surface area contributed by atoms with E-state index in [4.69, 9.17) is 10.2 Å². The highest BCUT2D eigenvalue weighted by Gasteiger charge is 2.07. The van der Waals surface area contributed by atoms with Gasteiger partial charge in [0.25, 0.3) is 0 Å². The number of furan rings is 1. The molecule has 2 rings (SSSR count). The average molecular weight is 234 g/mol. The number of hydrogen-bond acceptors (Lipinski definition) is 3. The summed E-state index contributed by atoms with van der Waals surface area (Å²) < 4.78 is 18.8. The summed E-state index contributed by atoms with van der Waals surface area (Å²) in [6, 6.07) is 8.50. The van der Waals surface area contributed by atoms with Crippen LogP contribution in [0.4, 0.5) is 10.1 Å². The van der Waals surface area contributed by atoms with Gasteiger partial charge < -0.3 is 10.2 Å². The Kier molecular flexibility index (Phi) is 3.44. The minimum atomic E-state index is -0.267. The van der Waals surface area contributed by atoms with Crippen LogP contribution in [-0.2, 0) is 13.1 Å². The Balaban J connectivity index is 2.00. The maximum atomic E-state index is 13.6. The van der Waals surface area contributed by atoms with Crippen LogP contribution in [0.15, 0.2) is 41.0 Å². The number of nitrogen functional groups attached to an aromatic ring is 1. The highest BCUT2D eigenvalue weighted by atomic mass is 19.1. The van der Waals surface area contributed by atoms with Gasteiger partial charge in [0.05, 0.1) is 12.8 Å². The molecule has 3 nitrogen and oxygen atoms in total. The van der Waals surface area contributed by atoms with Crippen molar-refractivity contribution in [1.82, 2.24) is 4.90 Å². The fourth-order valence-electron chi connectivity index (χ4n) is 1.71. The lowest BCUT2D eigenvalue weighted by Gasteiger charge is -2.15. The van der Waals surface area contributed by atoms with Gasteiger partial charge >= 0.3 is 0 Å². The van der Waals surface area contributed by atoms with Crippen molar-refractivity contribution in [1.29, 1.82) is 0 Å². The van der Waals surface area contributed by atoms with Crippen LogP contribution >= 0.6 is 0 Å². The van der Waals surface area contributed by atoms with Gasteiger partial charge in [-0.1, -0.05) is 6.07 Å². The molecule has 0 radical (unpaired) electrons. The van der Waals surface area contributed by atoms with Gasteiger partial charge in [-0.15, -0.1) is 0 Å². The summed E-state index contributed by atoms with van der Waals surface area (Å²) in [7, 11) is 1.91. The van der Waals surface area contributed by atoms with Crippen molar-refractivity contribution in [3.63, 3.8) is 0 Å². The number of nitrogens with zero attached hydrogens (tertiary/aromatic N) is 1. The fourth-order valence-corrected chi connectivity index (χ4v) is 1.71.